The van der Waals surface area contributed by atoms with Crippen LogP contribution >= 0.6 is 0 Å². The highest BCUT2D eigenvalue weighted by molar-refractivity contribution is 5.81. The van der Waals surface area contributed by atoms with E-state index < -0.39 is 11.4 Å². The van der Waals surface area contributed by atoms with Crippen LogP contribution in [0.25, 0.3) is 11.1 Å². The number of carboxylic acids is 1. The van der Waals surface area contributed by atoms with Crippen LogP contribution in [-0.4, -0.2) is 17.7 Å². The fraction of sp³-hybridized carbons (Fsp3) is 0.278. The Balaban J connectivity index is 2.35. The lowest BCUT2D eigenvalue weighted by atomic mass is 9.83. The summed E-state index contributed by atoms with van der Waals surface area (Å²) in [4.78, 5) is 11.4. The van der Waals surface area contributed by atoms with Crippen molar-refractivity contribution in [1.82, 2.24) is 0 Å². The summed E-state index contributed by atoms with van der Waals surface area (Å²) in [5, 5.41) is 9.34. The van der Waals surface area contributed by atoms with E-state index in [2.05, 4.69) is 0 Å². The first-order chi connectivity index (χ1) is 9.95. The van der Waals surface area contributed by atoms with Crippen molar-refractivity contribution in [2.24, 2.45) is 0 Å². The van der Waals surface area contributed by atoms with E-state index in [1.165, 1.54) is 0 Å². The Labute approximate surface area is 125 Å². The van der Waals surface area contributed by atoms with E-state index in [0.717, 1.165) is 22.4 Å². The second-order valence-corrected chi connectivity index (χ2v) is 5.47. The van der Waals surface area contributed by atoms with Gasteiger partial charge in [0, 0.05) is 0 Å². The minimum Gasteiger partial charge on any atom is -0.494 e. The zero-order valence-corrected chi connectivity index (χ0v) is 12.6. The molecule has 110 valence electrons. The van der Waals surface area contributed by atoms with Crippen molar-refractivity contribution >= 4 is 5.97 Å². The Kier molecular flexibility index (Phi) is 4.32. The number of ether oxygens (including phenoxy) is 1. The molecule has 0 spiro atoms. The maximum Gasteiger partial charge on any atom is 0.313 e. The van der Waals surface area contributed by atoms with Gasteiger partial charge in [0.05, 0.1) is 12.0 Å². The van der Waals surface area contributed by atoms with Gasteiger partial charge in [0.1, 0.15) is 5.75 Å². The maximum atomic E-state index is 11.4. The van der Waals surface area contributed by atoms with E-state index in [1.807, 2.05) is 55.5 Å². The van der Waals surface area contributed by atoms with Gasteiger partial charge in [0.15, 0.2) is 0 Å². The predicted molar refractivity (Wildman–Crippen MR) is 83.7 cm³/mol. The van der Waals surface area contributed by atoms with Crippen LogP contribution in [0.5, 0.6) is 5.75 Å². The summed E-state index contributed by atoms with van der Waals surface area (Å²) in [6.45, 7) is 6.02. The summed E-state index contributed by atoms with van der Waals surface area (Å²) in [6, 6.07) is 15.5. The Bertz CT molecular complexity index is 627. The largest absolute Gasteiger partial charge is 0.494 e. The molecule has 21 heavy (non-hydrogen) atoms. The highest BCUT2D eigenvalue weighted by Crippen LogP contribution is 2.29. The third-order valence-electron chi connectivity index (χ3n) is 3.62. The van der Waals surface area contributed by atoms with E-state index in [-0.39, 0.29) is 0 Å². The van der Waals surface area contributed by atoms with Crippen molar-refractivity contribution in [2.45, 2.75) is 26.2 Å². The second kappa shape index (κ2) is 6.00. The number of hydrogen-bond acceptors (Lipinski definition) is 2. The molecule has 0 aromatic heterocycles. The van der Waals surface area contributed by atoms with Gasteiger partial charge >= 0.3 is 5.97 Å². The van der Waals surface area contributed by atoms with E-state index in [0.29, 0.717) is 6.61 Å². The summed E-state index contributed by atoms with van der Waals surface area (Å²) >= 11 is 0. The lowest BCUT2D eigenvalue weighted by Gasteiger charge is -2.20. The molecule has 0 radical (unpaired) electrons. The van der Waals surface area contributed by atoms with E-state index >= 15 is 0 Å². The summed E-state index contributed by atoms with van der Waals surface area (Å²) in [5.41, 5.74) is 1.94. The molecule has 0 atom stereocenters. The average molecular weight is 284 g/mol. The first-order valence-corrected chi connectivity index (χ1v) is 7.02. The Morgan fingerprint density at radius 1 is 1.10 bits per heavy atom. The van der Waals surface area contributed by atoms with Gasteiger partial charge in [-0.25, -0.2) is 0 Å². The van der Waals surface area contributed by atoms with E-state index in [1.54, 1.807) is 13.8 Å². The van der Waals surface area contributed by atoms with Gasteiger partial charge in [0.25, 0.3) is 0 Å². The minimum atomic E-state index is -0.902. The van der Waals surface area contributed by atoms with E-state index in [9.17, 15) is 9.90 Å². The van der Waals surface area contributed by atoms with Crippen molar-refractivity contribution in [3.63, 3.8) is 0 Å². The first kappa shape index (κ1) is 15.1. The second-order valence-electron chi connectivity index (χ2n) is 5.47. The van der Waals surface area contributed by atoms with Gasteiger partial charge in [-0.1, -0.05) is 36.4 Å². The highest BCUT2D eigenvalue weighted by Gasteiger charge is 2.29. The number of carbonyl (C=O) groups is 1. The Hall–Kier alpha value is -2.29. The molecular formula is C18H20O3. The normalized spacial score (nSPS) is 11.2. The van der Waals surface area contributed by atoms with Crippen molar-refractivity contribution < 1.29 is 14.6 Å². The molecule has 3 heteroatoms. The summed E-state index contributed by atoms with van der Waals surface area (Å²) in [7, 11) is 0. The summed E-state index contributed by atoms with van der Waals surface area (Å²) in [6.07, 6.45) is 0. The van der Waals surface area contributed by atoms with Crippen LogP contribution < -0.4 is 4.74 Å². The topological polar surface area (TPSA) is 46.5 Å². The smallest absolute Gasteiger partial charge is 0.313 e. The molecule has 0 aliphatic heterocycles. The van der Waals surface area contributed by atoms with Crippen molar-refractivity contribution in [3.8, 4) is 16.9 Å². The van der Waals surface area contributed by atoms with Crippen molar-refractivity contribution in [1.29, 1.82) is 0 Å². The van der Waals surface area contributed by atoms with Crippen LogP contribution in [0, 0.1) is 0 Å². The van der Waals surface area contributed by atoms with E-state index in [4.69, 9.17) is 4.74 Å². The van der Waals surface area contributed by atoms with Gasteiger partial charge in [-0.2, -0.15) is 0 Å². The van der Waals surface area contributed by atoms with Crippen LogP contribution in [0.15, 0.2) is 48.5 Å². The average Bonchev–Trinajstić information content (AvgIpc) is 2.48. The Morgan fingerprint density at radius 3 is 2.33 bits per heavy atom. The van der Waals surface area contributed by atoms with Crippen LogP contribution in [0.3, 0.4) is 0 Å². The number of benzene rings is 2. The number of hydrogen-bond donors (Lipinski definition) is 1. The SMILES string of the molecule is CCOc1ccc(-c2cccc(C(C)(C)C(=O)O)c2)cc1. The van der Waals surface area contributed by atoms with Gasteiger partial charge in [-0.05, 0) is 49.6 Å². The quantitative estimate of drug-likeness (QED) is 0.898. The molecule has 3 nitrogen and oxygen atoms in total. The number of aliphatic carboxylic acids is 1. The molecule has 0 amide bonds. The number of rotatable bonds is 5. The zero-order valence-electron chi connectivity index (χ0n) is 12.6. The summed E-state index contributed by atoms with van der Waals surface area (Å²) in [5.74, 6) is 0.00890. The van der Waals surface area contributed by atoms with Gasteiger partial charge in [-0.15, -0.1) is 0 Å². The van der Waals surface area contributed by atoms with Gasteiger partial charge in [0.2, 0.25) is 0 Å². The third-order valence-corrected chi connectivity index (χ3v) is 3.62. The minimum absolute atomic E-state index is 0.641. The summed E-state index contributed by atoms with van der Waals surface area (Å²) < 4.78 is 5.43. The van der Waals surface area contributed by atoms with Crippen LogP contribution in [0.1, 0.15) is 26.3 Å². The number of carboxylic acid groups (broad SMARTS) is 1. The lowest BCUT2D eigenvalue weighted by molar-refractivity contribution is -0.142. The third kappa shape index (κ3) is 3.24. The van der Waals surface area contributed by atoms with Gasteiger partial charge < -0.3 is 9.84 Å². The molecule has 0 saturated carbocycles. The van der Waals surface area contributed by atoms with Gasteiger partial charge in [-0.3, -0.25) is 4.79 Å². The molecule has 0 heterocycles. The molecule has 1 N–H and O–H groups in total. The monoisotopic (exact) mass is 284 g/mol. The molecule has 0 unspecified atom stereocenters. The molecular weight excluding hydrogens is 264 g/mol. The molecule has 2 rings (SSSR count). The maximum absolute atomic E-state index is 11.4. The standard InChI is InChI=1S/C18H20O3/c1-4-21-16-10-8-13(9-11-16)14-6-5-7-15(12-14)18(2,3)17(19)20/h5-12H,4H2,1-3H3,(H,19,20). The fourth-order valence-corrected chi connectivity index (χ4v) is 2.12. The molecule has 0 fully saturated rings. The van der Waals surface area contributed by atoms with Crippen molar-refractivity contribution in [2.75, 3.05) is 6.61 Å². The fourth-order valence-electron chi connectivity index (χ4n) is 2.12. The molecule has 0 saturated heterocycles. The predicted octanol–water partition coefficient (Wildman–Crippen LogP) is 4.11. The molecule has 0 aliphatic carbocycles. The molecule has 2 aromatic carbocycles. The molecule has 2 aromatic rings. The van der Waals surface area contributed by atoms with Crippen LogP contribution in [0.2, 0.25) is 0 Å². The molecule has 0 aliphatic rings. The Morgan fingerprint density at radius 2 is 1.76 bits per heavy atom. The lowest BCUT2D eigenvalue weighted by Crippen LogP contribution is -2.28. The first-order valence-electron chi connectivity index (χ1n) is 7.02. The van der Waals surface area contributed by atoms with Crippen LogP contribution in [0.4, 0.5) is 0 Å². The van der Waals surface area contributed by atoms with Crippen LogP contribution in [-0.2, 0) is 10.2 Å². The zero-order chi connectivity index (χ0) is 15.5. The molecule has 0 bridgehead atoms. The highest BCUT2D eigenvalue weighted by atomic mass is 16.5. The van der Waals surface area contributed by atoms with Crippen molar-refractivity contribution in [3.05, 3.63) is 54.1 Å².